The van der Waals surface area contributed by atoms with Crippen molar-refractivity contribution in [1.82, 2.24) is 14.8 Å². The van der Waals surface area contributed by atoms with Gasteiger partial charge in [-0.2, -0.15) is 5.10 Å². The summed E-state index contributed by atoms with van der Waals surface area (Å²) in [6, 6.07) is 10.3. The molecule has 26 heavy (non-hydrogen) atoms. The molecule has 0 amide bonds. The number of ether oxygens (including phenoxy) is 1. The van der Waals surface area contributed by atoms with E-state index in [0.717, 1.165) is 35.4 Å². The Balaban J connectivity index is 1.93. The fraction of sp³-hybridized carbons (Fsp3) is 0.263. The van der Waals surface area contributed by atoms with Crippen molar-refractivity contribution in [1.29, 1.82) is 0 Å². The lowest BCUT2D eigenvalue weighted by atomic mass is 10.0. The number of non-ortho nitro benzene ring substituents is 1. The van der Waals surface area contributed by atoms with Gasteiger partial charge in [-0.1, -0.05) is 6.92 Å². The Labute approximate surface area is 151 Å². The van der Waals surface area contributed by atoms with Gasteiger partial charge in [0.2, 0.25) is 0 Å². The first-order valence-corrected chi connectivity index (χ1v) is 8.49. The van der Waals surface area contributed by atoms with Crippen molar-refractivity contribution >= 4 is 5.69 Å². The molecule has 0 saturated heterocycles. The molecule has 0 atom stereocenters. The fourth-order valence-electron chi connectivity index (χ4n) is 2.64. The van der Waals surface area contributed by atoms with Crippen LogP contribution in [0.4, 0.5) is 5.69 Å². The zero-order chi connectivity index (χ0) is 18.4. The molecule has 2 heterocycles. The van der Waals surface area contributed by atoms with Crippen molar-refractivity contribution in [2.75, 3.05) is 13.2 Å². The van der Waals surface area contributed by atoms with Gasteiger partial charge < -0.3 is 4.74 Å². The van der Waals surface area contributed by atoms with Crippen molar-refractivity contribution in [3.63, 3.8) is 0 Å². The Hall–Kier alpha value is -3.06. The lowest BCUT2D eigenvalue weighted by Gasteiger charge is -2.02. The SMILES string of the molecule is CCCOCCn1cc(-c2ccc([N+](=O)[O-])cc2)c(-c2ccncc2)n1. The van der Waals surface area contributed by atoms with Crippen LogP contribution in [0.3, 0.4) is 0 Å². The van der Waals surface area contributed by atoms with Crippen molar-refractivity contribution in [3.8, 4) is 22.4 Å². The van der Waals surface area contributed by atoms with Crippen LogP contribution in [-0.2, 0) is 11.3 Å². The van der Waals surface area contributed by atoms with Gasteiger partial charge in [0.25, 0.3) is 5.69 Å². The van der Waals surface area contributed by atoms with Crippen LogP contribution in [0.15, 0.2) is 55.0 Å². The number of pyridine rings is 1. The summed E-state index contributed by atoms with van der Waals surface area (Å²) in [5, 5.41) is 15.6. The molecule has 0 fully saturated rings. The molecule has 2 aromatic heterocycles. The van der Waals surface area contributed by atoms with Gasteiger partial charge in [-0.3, -0.25) is 19.8 Å². The van der Waals surface area contributed by atoms with E-state index >= 15 is 0 Å². The van der Waals surface area contributed by atoms with E-state index in [-0.39, 0.29) is 5.69 Å². The van der Waals surface area contributed by atoms with Crippen molar-refractivity contribution in [3.05, 3.63) is 65.1 Å². The fourth-order valence-corrected chi connectivity index (χ4v) is 2.64. The molecule has 0 aliphatic carbocycles. The molecule has 0 radical (unpaired) electrons. The highest BCUT2D eigenvalue weighted by Crippen LogP contribution is 2.31. The molecule has 0 spiro atoms. The number of benzene rings is 1. The maximum absolute atomic E-state index is 10.9. The summed E-state index contributed by atoms with van der Waals surface area (Å²) in [5.41, 5.74) is 3.63. The van der Waals surface area contributed by atoms with E-state index in [0.29, 0.717) is 13.2 Å². The van der Waals surface area contributed by atoms with E-state index in [2.05, 4.69) is 17.0 Å². The molecular formula is C19H20N4O3. The summed E-state index contributed by atoms with van der Waals surface area (Å²) < 4.78 is 7.39. The van der Waals surface area contributed by atoms with E-state index in [4.69, 9.17) is 4.74 Å². The lowest BCUT2D eigenvalue weighted by Crippen LogP contribution is -2.07. The van der Waals surface area contributed by atoms with Gasteiger partial charge >= 0.3 is 0 Å². The molecular weight excluding hydrogens is 332 g/mol. The lowest BCUT2D eigenvalue weighted by molar-refractivity contribution is -0.384. The molecule has 3 rings (SSSR count). The summed E-state index contributed by atoms with van der Waals surface area (Å²) in [5.74, 6) is 0. The molecule has 0 saturated carbocycles. The van der Waals surface area contributed by atoms with Crippen LogP contribution >= 0.6 is 0 Å². The maximum Gasteiger partial charge on any atom is 0.269 e. The number of nitrogens with zero attached hydrogens (tertiary/aromatic N) is 4. The Morgan fingerprint density at radius 1 is 1.08 bits per heavy atom. The van der Waals surface area contributed by atoms with Crippen LogP contribution in [0.25, 0.3) is 22.4 Å². The van der Waals surface area contributed by atoms with E-state index in [1.54, 1.807) is 24.5 Å². The highest BCUT2D eigenvalue weighted by Gasteiger charge is 2.14. The number of nitro groups is 1. The summed E-state index contributed by atoms with van der Waals surface area (Å²) >= 11 is 0. The summed E-state index contributed by atoms with van der Waals surface area (Å²) in [6.07, 6.45) is 6.37. The largest absolute Gasteiger partial charge is 0.380 e. The van der Waals surface area contributed by atoms with Crippen LogP contribution in [-0.4, -0.2) is 32.9 Å². The van der Waals surface area contributed by atoms with Crippen LogP contribution in [0, 0.1) is 10.1 Å². The van der Waals surface area contributed by atoms with Crippen LogP contribution in [0.2, 0.25) is 0 Å². The zero-order valence-corrected chi connectivity index (χ0v) is 14.5. The predicted octanol–water partition coefficient (Wildman–Crippen LogP) is 3.95. The van der Waals surface area contributed by atoms with Gasteiger partial charge in [-0.25, -0.2) is 0 Å². The summed E-state index contributed by atoms with van der Waals surface area (Å²) in [4.78, 5) is 14.5. The van der Waals surface area contributed by atoms with Gasteiger partial charge in [-0.05, 0) is 36.2 Å². The highest BCUT2D eigenvalue weighted by atomic mass is 16.6. The molecule has 3 aromatic rings. The first-order chi connectivity index (χ1) is 12.7. The quantitative estimate of drug-likeness (QED) is 0.348. The van der Waals surface area contributed by atoms with Crippen molar-refractivity contribution in [2.45, 2.75) is 19.9 Å². The van der Waals surface area contributed by atoms with E-state index in [9.17, 15) is 10.1 Å². The van der Waals surface area contributed by atoms with Gasteiger partial charge in [0, 0.05) is 48.5 Å². The third kappa shape index (κ3) is 4.12. The normalized spacial score (nSPS) is 10.8. The van der Waals surface area contributed by atoms with Crippen LogP contribution < -0.4 is 0 Å². The number of rotatable bonds is 8. The zero-order valence-electron chi connectivity index (χ0n) is 14.5. The Kier molecular flexibility index (Phi) is 5.70. The van der Waals surface area contributed by atoms with E-state index < -0.39 is 4.92 Å². The second-order valence-corrected chi connectivity index (χ2v) is 5.81. The monoisotopic (exact) mass is 352 g/mol. The van der Waals surface area contributed by atoms with Gasteiger partial charge in [0.1, 0.15) is 5.69 Å². The second kappa shape index (κ2) is 8.35. The number of nitro benzene ring substituents is 1. The first-order valence-electron chi connectivity index (χ1n) is 8.49. The van der Waals surface area contributed by atoms with E-state index in [1.807, 2.05) is 23.0 Å². The summed E-state index contributed by atoms with van der Waals surface area (Å²) in [6.45, 7) is 4.03. The van der Waals surface area contributed by atoms with E-state index in [1.165, 1.54) is 12.1 Å². The minimum Gasteiger partial charge on any atom is -0.380 e. The number of hydrogen-bond donors (Lipinski definition) is 0. The standard InChI is InChI=1S/C19H20N4O3/c1-2-12-26-13-11-22-14-18(15-3-5-17(6-4-15)23(24)25)19(21-22)16-7-9-20-10-8-16/h3-10,14H,2,11-13H2,1H3. The molecule has 7 nitrogen and oxygen atoms in total. The number of aromatic nitrogens is 3. The minimum absolute atomic E-state index is 0.0690. The Morgan fingerprint density at radius 2 is 1.81 bits per heavy atom. The van der Waals surface area contributed by atoms with Gasteiger partial charge in [0.05, 0.1) is 18.1 Å². The molecule has 0 aliphatic heterocycles. The van der Waals surface area contributed by atoms with Crippen molar-refractivity contribution in [2.24, 2.45) is 0 Å². The maximum atomic E-state index is 10.9. The van der Waals surface area contributed by atoms with Gasteiger partial charge in [0.15, 0.2) is 0 Å². The molecule has 134 valence electrons. The third-order valence-corrected chi connectivity index (χ3v) is 3.92. The van der Waals surface area contributed by atoms with Crippen LogP contribution in [0.5, 0.6) is 0 Å². The molecule has 1 aromatic carbocycles. The average Bonchev–Trinajstić information content (AvgIpc) is 3.10. The highest BCUT2D eigenvalue weighted by molar-refractivity contribution is 5.80. The Bertz CT molecular complexity index is 860. The van der Waals surface area contributed by atoms with Gasteiger partial charge in [-0.15, -0.1) is 0 Å². The van der Waals surface area contributed by atoms with Crippen molar-refractivity contribution < 1.29 is 9.66 Å². The molecule has 0 bridgehead atoms. The third-order valence-electron chi connectivity index (χ3n) is 3.92. The predicted molar refractivity (Wildman–Crippen MR) is 98.7 cm³/mol. The minimum atomic E-state index is -0.401. The topological polar surface area (TPSA) is 83.1 Å². The number of hydrogen-bond acceptors (Lipinski definition) is 5. The molecule has 7 heteroatoms. The average molecular weight is 352 g/mol. The molecule has 0 aliphatic rings. The molecule has 0 unspecified atom stereocenters. The second-order valence-electron chi connectivity index (χ2n) is 5.81. The first kappa shape index (κ1) is 17.8. The smallest absolute Gasteiger partial charge is 0.269 e. The molecule has 0 N–H and O–H groups in total. The summed E-state index contributed by atoms with van der Waals surface area (Å²) in [7, 11) is 0. The van der Waals surface area contributed by atoms with Crippen LogP contribution in [0.1, 0.15) is 13.3 Å². The Morgan fingerprint density at radius 3 is 2.46 bits per heavy atom.